The van der Waals surface area contributed by atoms with Crippen LogP contribution in [0.2, 0.25) is 0 Å². The number of rotatable bonds is 3. The summed E-state index contributed by atoms with van der Waals surface area (Å²) < 4.78 is 1.10. The van der Waals surface area contributed by atoms with E-state index in [1.807, 2.05) is 0 Å². The van der Waals surface area contributed by atoms with Gasteiger partial charge in [-0.1, -0.05) is 0 Å². The maximum Gasteiger partial charge on any atom is 0.330 e. The predicted molar refractivity (Wildman–Crippen MR) is 67.6 cm³/mol. The summed E-state index contributed by atoms with van der Waals surface area (Å²) in [5.74, 6) is 0.485. The molecule has 2 rings (SSSR count). The molecule has 2 aromatic heterocycles. The van der Waals surface area contributed by atoms with Gasteiger partial charge in [-0.05, 0) is 0 Å². The average Bonchev–Trinajstić information content (AvgIpc) is 2.71. The molecule has 8 heteroatoms. The largest absolute Gasteiger partial charge is 0.330 e. The Balaban J connectivity index is 2.60. The van der Waals surface area contributed by atoms with Gasteiger partial charge in [0.15, 0.2) is 0 Å². The summed E-state index contributed by atoms with van der Waals surface area (Å²) in [5.41, 5.74) is -0.497. The zero-order valence-corrected chi connectivity index (χ0v) is 9.96. The molecule has 0 amide bonds. The van der Waals surface area contributed by atoms with Crippen LogP contribution in [0.4, 0.5) is 0 Å². The lowest BCUT2D eigenvalue weighted by molar-refractivity contribution is 0.639. The summed E-state index contributed by atoms with van der Waals surface area (Å²) >= 11 is 8.26. The first-order valence-corrected chi connectivity index (χ1v) is 5.73. The second kappa shape index (κ2) is 4.38. The fraction of sp³-hybridized carbons (Fsp3) is 0.375. The van der Waals surface area contributed by atoms with Crippen molar-refractivity contribution in [1.29, 1.82) is 0 Å². The normalized spacial score (nSPS) is 13.1. The van der Waals surface area contributed by atoms with E-state index in [1.165, 1.54) is 6.20 Å². The molecule has 2 aromatic rings. The van der Waals surface area contributed by atoms with E-state index in [9.17, 15) is 9.59 Å². The van der Waals surface area contributed by atoms with E-state index >= 15 is 0 Å². The highest BCUT2D eigenvalue weighted by Gasteiger charge is 2.11. The second-order valence-electron chi connectivity index (χ2n) is 3.34. The van der Waals surface area contributed by atoms with E-state index in [4.69, 9.17) is 0 Å². The average molecular weight is 258 g/mol. The van der Waals surface area contributed by atoms with Crippen LogP contribution in [0.15, 0.2) is 15.8 Å². The summed E-state index contributed by atoms with van der Waals surface area (Å²) in [5, 5.41) is 6.46. The van der Waals surface area contributed by atoms with Crippen LogP contribution in [0.1, 0.15) is 0 Å². The van der Waals surface area contributed by atoms with Crippen molar-refractivity contribution in [3.8, 4) is 0 Å². The molecule has 0 saturated heterocycles. The maximum atomic E-state index is 11.9. The Morgan fingerprint density at radius 2 is 2.25 bits per heavy atom. The molecule has 86 valence electrons. The Bertz CT molecular complexity index is 614. The van der Waals surface area contributed by atoms with Crippen LogP contribution >= 0.6 is 25.3 Å². The van der Waals surface area contributed by atoms with E-state index < -0.39 is 5.69 Å². The summed E-state index contributed by atoms with van der Waals surface area (Å²) in [7, 11) is 0. The predicted octanol–water partition coefficient (Wildman–Crippen LogP) is -0.359. The SMILES string of the molecule is O=c1[nH]c2[nH]ncc2c(=O)n1CC(S)CS. The molecule has 0 aliphatic heterocycles. The Labute approximate surface area is 101 Å². The molecule has 0 radical (unpaired) electrons. The van der Waals surface area contributed by atoms with Crippen molar-refractivity contribution in [3.05, 3.63) is 27.0 Å². The van der Waals surface area contributed by atoms with Gasteiger partial charge in [0.05, 0.1) is 6.20 Å². The van der Waals surface area contributed by atoms with Crippen LogP contribution in [0.25, 0.3) is 11.0 Å². The minimum absolute atomic E-state index is 0.147. The highest BCUT2D eigenvalue weighted by Crippen LogP contribution is 2.01. The van der Waals surface area contributed by atoms with Gasteiger partial charge >= 0.3 is 5.69 Å². The summed E-state index contributed by atoms with van der Waals surface area (Å²) in [6, 6.07) is 0. The number of thiol groups is 2. The number of nitrogens with zero attached hydrogens (tertiary/aromatic N) is 2. The van der Waals surface area contributed by atoms with Crippen LogP contribution in [-0.4, -0.2) is 30.8 Å². The smallest absolute Gasteiger partial charge is 0.292 e. The van der Waals surface area contributed by atoms with Crippen LogP contribution in [0.5, 0.6) is 0 Å². The standard InChI is InChI=1S/C8H10N4O2S2/c13-7-5-1-9-11-6(5)10-8(14)12(7)2-4(16)3-15/h1,4,15-16H,2-3H2,(H2,9,10,11,14). The molecule has 1 unspecified atom stereocenters. The van der Waals surface area contributed by atoms with E-state index in [0.717, 1.165) is 4.57 Å². The third-order valence-electron chi connectivity index (χ3n) is 2.20. The molecule has 0 aliphatic carbocycles. The number of fused-ring (bicyclic) bond motifs is 1. The third kappa shape index (κ3) is 1.90. The monoisotopic (exact) mass is 258 g/mol. The Morgan fingerprint density at radius 3 is 2.94 bits per heavy atom. The minimum Gasteiger partial charge on any atom is -0.292 e. The zero-order chi connectivity index (χ0) is 11.7. The van der Waals surface area contributed by atoms with Crippen molar-refractivity contribution in [2.45, 2.75) is 11.8 Å². The van der Waals surface area contributed by atoms with Crippen molar-refractivity contribution < 1.29 is 0 Å². The van der Waals surface area contributed by atoms with E-state index in [-0.39, 0.29) is 17.4 Å². The van der Waals surface area contributed by atoms with Gasteiger partial charge in [0.2, 0.25) is 0 Å². The molecule has 2 N–H and O–H groups in total. The molecule has 0 fully saturated rings. The first kappa shape index (κ1) is 11.3. The molecule has 0 saturated carbocycles. The van der Waals surface area contributed by atoms with Gasteiger partial charge in [0.25, 0.3) is 5.56 Å². The first-order chi connectivity index (χ1) is 7.63. The minimum atomic E-state index is -0.470. The van der Waals surface area contributed by atoms with E-state index in [0.29, 0.717) is 16.8 Å². The van der Waals surface area contributed by atoms with Gasteiger partial charge in [-0.25, -0.2) is 4.79 Å². The van der Waals surface area contributed by atoms with Crippen molar-refractivity contribution in [1.82, 2.24) is 19.7 Å². The molecule has 0 aliphatic rings. The molecule has 16 heavy (non-hydrogen) atoms. The Kier molecular flexibility index (Phi) is 3.10. The van der Waals surface area contributed by atoms with Crippen LogP contribution in [0.3, 0.4) is 0 Å². The fourth-order valence-corrected chi connectivity index (χ4v) is 1.67. The van der Waals surface area contributed by atoms with Gasteiger partial charge < -0.3 is 0 Å². The van der Waals surface area contributed by atoms with Gasteiger partial charge in [-0.15, -0.1) is 0 Å². The van der Waals surface area contributed by atoms with Gasteiger partial charge in [0, 0.05) is 17.5 Å². The fourth-order valence-electron chi connectivity index (χ4n) is 1.39. The van der Waals surface area contributed by atoms with Crippen molar-refractivity contribution >= 4 is 36.3 Å². The summed E-state index contributed by atoms with van der Waals surface area (Å²) in [6.45, 7) is 0.224. The number of aromatic nitrogens is 4. The first-order valence-electron chi connectivity index (χ1n) is 4.58. The molecule has 0 spiro atoms. The molecule has 1 atom stereocenters. The molecular formula is C8H10N4O2S2. The van der Waals surface area contributed by atoms with Crippen molar-refractivity contribution in [2.75, 3.05) is 5.75 Å². The maximum absolute atomic E-state index is 11.9. The number of H-pyrrole nitrogens is 2. The lowest BCUT2D eigenvalue weighted by atomic mass is 10.4. The van der Waals surface area contributed by atoms with Crippen LogP contribution < -0.4 is 11.2 Å². The molecule has 2 heterocycles. The van der Waals surface area contributed by atoms with Crippen LogP contribution in [-0.2, 0) is 6.54 Å². The third-order valence-corrected chi connectivity index (χ3v) is 3.27. The number of nitrogens with one attached hydrogen (secondary N) is 2. The van der Waals surface area contributed by atoms with Crippen molar-refractivity contribution in [2.24, 2.45) is 0 Å². The van der Waals surface area contributed by atoms with Gasteiger partial charge in [-0.3, -0.25) is 19.4 Å². The highest BCUT2D eigenvalue weighted by molar-refractivity contribution is 7.84. The lowest BCUT2D eigenvalue weighted by Gasteiger charge is -2.08. The molecule has 6 nitrogen and oxygen atoms in total. The summed E-state index contributed by atoms with van der Waals surface area (Å²) in [4.78, 5) is 26.0. The number of aromatic amines is 2. The Hall–Kier alpha value is -1.15. The van der Waals surface area contributed by atoms with Gasteiger partial charge in [-0.2, -0.15) is 30.4 Å². The number of hydrogen-bond acceptors (Lipinski definition) is 5. The molecular weight excluding hydrogens is 248 g/mol. The highest BCUT2D eigenvalue weighted by atomic mass is 32.1. The lowest BCUT2D eigenvalue weighted by Crippen LogP contribution is -2.37. The van der Waals surface area contributed by atoms with Gasteiger partial charge in [0.1, 0.15) is 11.0 Å². The van der Waals surface area contributed by atoms with Crippen LogP contribution in [0, 0.1) is 0 Å². The number of hydrogen-bond donors (Lipinski definition) is 4. The van der Waals surface area contributed by atoms with E-state index in [2.05, 4.69) is 40.4 Å². The van der Waals surface area contributed by atoms with E-state index in [1.54, 1.807) is 0 Å². The zero-order valence-electron chi connectivity index (χ0n) is 8.17. The molecule has 0 bridgehead atoms. The topological polar surface area (TPSA) is 83.5 Å². The van der Waals surface area contributed by atoms with Crippen molar-refractivity contribution in [3.63, 3.8) is 0 Å². The quantitative estimate of drug-likeness (QED) is 0.567. The summed E-state index contributed by atoms with van der Waals surface area (Å²) in [6.07, 6.45) is 1.39. The Morgan fingerprint density at radius 1 is 1.50 bits per heavy atom. The second-order valence-corrected chi connectivity index (χ2v) is 4.44. The molecule has 0 aromatic carbocycles.